The summed E-state index contributed by atoms with van der Waals surface area (Å²) in [6.07, 6.45) is 4.50. The Morgan fingerprint density at radius 1 is 1.39 bits per heavy atom. The highest BCUT2D eigenvalue weighted by Crippen LogP contribution is 2.46. The zero-order chi connectivity index (χ0) is 12.7. The summed E-state index contributed by atoms with van der Waals surface area (Å²) in [5.41, 5.74) is 0. The summed E-state index contributed by atoms with van der Waals surface area (Å²) in [5, 5.41) is 0. The number of aromatic nitrogens is 1. The normalized spacial score (nSPS) is 30.1. The number of likely N-dealkylation sites (tertiary alicyclic amines) is 1. The Bertz CT molecular complexity index is 418. The largest absolute Gasteiger partial charge is 0.490 e. The maximum atomic E-state index is 5.84. The zero-order valence-electron chi connectivity index (χ0n) is 11.3. The van der Waals surface area contributed by atoms with Gasteiger partial charge >= 0.3 is 0 Å². The van der Waals surface area contributed by atoms with E-state index in [1.165, 1.54) is 12.8 Å². The molecule has 0 radical (unpaired) electrons. The van der Waals surface area contributed by atoms with Crippen molar-refractivity contribution in [3.63, 3.8) is 0 Å². The highest BCUT2D eigenvalue weighted by Gasteiger charge is 2.50. The summed E-state index contributed by atoms with van der Waals surface area (Å²) in [6, 6.07) is 5.42. The summed E-state index contributed by atoms with van der Waals surface area (Å²) < 4.78 is 5.84. The Morgan fingerprint density at radius 2 is 2.22 bits per heavy atom. The minimum atomic E-state index is 0.585. The van der Waals surface area contributed by atoms with E-state index in [1.54, 1.807) is 0 Å². The average Bonchev–Trinajstić information content (AvgIpc) is 3.07. The van der Waals surface area contributed by atoms with E-state index < -0.39 is 0 Å². The molecule has 0 amide bonds. The predicted octanol–water partition coefficient (Wildman–Crippen LogP) is 1.62. The first-order valence-electron chi connectivity index (χ1n) is 6.63. The van der Waals surface area contributed by atoms with E-state index >= 15 is 0 Å². The van der Waals surface area contributed by atoms with Crippen LogP contribution in [0.4, 0.5) is 5.82 Å². The van der Waals surface area contributed by atoms with Gasteiger partial charge in [0.05, 0.1) is 6.20 Å². The van der Waals surface area contributed by atoms with Gasteiger partial charge in [0.2, 0.25) is 0 Å². The molecule has 4 nitrogen and oxygen atoms in total. The van der Waals surface area contributed by atoms with Gasteiger partial charge in [0.15, 0.2) is 0 Å². The van der Waals surface area contributed by atoms with Gasteiger partial charge in [-0.15, -0.1) is 0 Å². The van der Waals surface area contributed by atoms with Crippen LogP contribution in [0.15, 0.2) is 18.3 Å². The van der Waals surface area contributed by atoms with E-state index in [0.717, 1.165) is 30.1 Å². The van der Waals surface area contributed by atoms with Crippen molar-refractivity contribution in [3.05, 3.63) is 18.3 Å². The van der Waals surface area contributed by atoms with Gasteiger partial charge in [-0.1, -0.05) is 0 Å². The molecule has 0 bridgehead atoms. The maximum absolute atomic E-state index is 5.84. The van der Waals surface area contributed by atoms with Crippen LogP contribution in [-0.4, -0.2) is 49.7 Å². The summed E-state index contributed by atoms with van der Waals surface area (Å²) in [4.78, 5) is 8.82. The van der Waals surface area contributed by atoms with Gasteiger partial charge in [-0.05, 0) is 37.9 Å². The molecule has 4 heteroatoms. The number of hydrogen-bond acceptors (Lipinski definition) is 4. The second-order valence-corrected chi connectivity index (χ2v) is 5.68. The number of anilines is 1. The van der Waals surface area contributed by atoms with Crippen molar-refractivity contribution in [3.8, 4) is 5.75 Å². The van der Waals surface area contributed by atoms with Gasteiger partial charge in [-0.2, -0.15) is 0 Å². The van der Waals surface area contributed by atoms with Crippen molar-refractivity contribution >= 4 is 5.82 Å². The molecule has 3 atom stereocenters. The third-order valence-corrected chi connectivity index (χ3v) is 4.18. The molecule has 0 aromatic carbocycles. The number of piperidine rings is 1. The fraction of sp³-hybridized carbons (Fsp3) is 0.643. The molecule has 1 aromatic rings. The van der Waals surface area contributed by atoms with E-state index in [2.05, 4.69) is 16.9 Å². The topological polar surface area (TPSA) is 28.6 Å². The molecule has 1 saturated carbocycles. The van der Waals surface area contributed by atoms with Crippen LogP contribution in [0.3, 0.4) is 0 Å². The lowest BCUT2D eigenvalue weighted by atomic mass is 10.2. The maximum Gasteiger partial charge on any atom is 0.137 e. The molecule has 18 heavy (non-hydrogen) atoms. The summed E-state index contributed by atoms with van der Waals surface area (Å²) >= 11 is 0. The molecule has 1 aliphatic carbocycles. The number of likely N-dealkylation sites (N-methyl/N-ethyl adjacent to an activating group) is 1. The zero-order valence-corrected chi connectivity index (χ0v) is 11.3. The fourth-order valence-corrected chi connectivity index (χ4v) is 2.87. The molecule has 2 aliphatic rings. The van der Waals surface area contributed by atoms with E-state index in [-0.39, 0.29) is 0 Å². The summed E-state index contributed by atoms with van der Waals surface area (Å²) in [5.74, 6) is 2.77. The highest BCUT2D eigenvalue weighted by molar-refractivity contribution is 5.38. The smallest absolute Gasteiger partial charge is 0.137 e. The van der Waals surface area contributed by atoms with E-state index in [9.17, 15) is 0 Å². The Morgan fingerprint density at radius 3 is 2.78 bits per heavy atom. The first kappa shape index (κ1) is 11.8. The SMILES string of the molecule is CN(C)c1ccc(OCC2CC3CC3N2C)cn1. The standard InChI is InChI=1S/C14H21N3O/c1-16(2)14-5-4-12(8-15-14)18-9-11-6-10-7-13(10)17(11)3/h4-5,8,10-11,13H,6-7,9H2,1-3H3. The van der Waals surface area contributed by atoms with Crippen LogP contribution in [0.2, 0.25) is 0 Å². The monoisotopic (exact) mass is 247 g/mol. The molecule has 0 N–H and O–H groups in total. The Balaban J connectivity index is 1.53. The van der Waals surface area contributed by atoms with Gasteiger partial charge in [0.1, 0.15) is 18.2 Å². The van der Waals surface area contributed by atoms with Crippen LogP contribution in [0.1, 0.15) is 12.8 Å². The lowest BCUT2D eigenvalue weighted by Gasteiger charge is -2.22. The minimum absolute atomic E-state index is 0.585. The van der Waals surface area contributed by atoms with Crippen molar-refractivity contribution in [1.29, 1.82) is 0 Å². The van der Waals surface area contributed by atoms with Gasteiger partial charge in [0, 0.05) is 26.2 Å². The Kier molecular flexibility index (Phi) is 2.90. The second-order valence-electron chi connectivity index (χ2n) is 5.68. The molecular formula is C14H21N3O. The van der Waals surface area contributed by atoms with Gasteiger partial charge in [0.25, 0.3) is 0 Å². The molecule has 1 aliphatic heterocycles. The first-order valence-corrected chi connectivity index (χ1v) is 6.63. The lowest BCUT2D eigenvalue weighted by molar-refractivity contribution is 0.176. The summed E-state index contributed by atoms with van der Waals surface area (Å²) in [7, 11) is 6.20. The van der Waals surface area contributed by atoms with Gasteiger partial charge < -0.3 is 9.64 Å². The number of hydrogen-bond donors (Lipinski definition) is 0. The van der Waals surface area contributed by atoms with Crippen LogP contribution in [0.5, 0.6) is 5.75 Å². The van der Waals surface area contributed by atoms with Crippen molar-refractivity contribution in [2.24, 2.45) is 5.92 Å². The molecule has 3 rings (SSSR count). The van der Waals surface area contributed by atoms with Crippen LogP contribution in [0, 0.1) is 5.92 Å². The number of nitrogens with zero attached hydrogens (tertiary/aromatic N) is 3. The summed E-state index contributed by atoms with van der Waals surface area (Å²) in [6.45, 7) is 0.784. The Hall–Kier alpha value is -1.29. The number of fused-ring (bicyclic) bond motifs is 1. The third-order valence-electron chi connectivity index (χ3n) is 4.18. The van der Waals surface area contributed by atoms with Crippen molar-refractivity contribution in [2.75, 3.05) is 32.6 Å². The molecular weight excluding hydrogens is 226 g/mol. The average molecular weight is 247 g/mol. The van der Waals surface area contributed by atoms with Crippen LogP contribution in [-0.2, 0) is 0 Å². The second kappa shape index (κ2) is 4.43. The van der Waals surface area contributed by atoms with Gasteiger partial charge in [-0.25, -0.2) is 4.98 Å². The number of rotatable bonds is 4. The molecule has 1 aromatic heterocycles. The van der Waals surface area contributed by atoms with E-state index in [1.807, 2.05) is 37.3 Å². The fourth-order valence-electron chi connectivity index (χ4n) is 2.87. The third kappa shape index (κ3) is 2.17. The molecule has 2 heterocycles. The van der Waals surface area contributed by atoms with E-state index in [0.29, 0.717) is 6.04 Å². The molecule has 0 spiro atoms. The minimum Gasteiger partial charge on any atom is -0.490 e. The van der Waals surface area contributed by atoms with Crippen molar-refractivity contribution in [1.82, 2.24) is 9.88 Å². The quantitative estimate of drug-likeness (QED) is 0.808. The van der Waals surface area contributed by atoms with Gasteiger partial charge in [-0.3, -0.25) is 4.90 Å². The van der Waals surface area contributed by atoms with Crippen LogP contribution in [0.25, 0.3) is 0 Å². The molecule has 2 fully saturated rings. The number of pyridine rings is 1. The van der Waals surface area contributed by atoms with Crippen molar-refractivity contribution < 1.29 is 4.74 Å². The van der Waals surface area contributed by atoms with Crippen molar-refractivity contribution in [2.45, 2.75) is 24.9 Å². The lowest BCUT2D eigenvalue weighted by Crippen LogP contribution is -2.33. The first-order chi connectivity index (χ1) is 8.65. The number of ether oxygens (including phenoxy) is 1. The molecule has 3 unspecified atom stereocenters. The van der Waals surface area contributed by atoms with E-state index in [4.69, 9.17) is 4.74 Å². The molecule has 98 valence electrons. The van der Waals surface area contributed by atoms with Crippen LogP contribution < -0.4 is 9.64 Å². The molecule has 1 saturated heterocycles. The predicted molar refractivity (Wildman–Crippen MR) is 72.1 cm³/mol. The Labute approximate surface area is 109 Å². The van der Waals surface area contributed by atoms with Crippen LogP contribution >= 0.6 is 0 Å². The highest BCUT2D eigenvalue weighted by atomic mass is 16.5.